The third-order valence-corrected chi connectivity index (χ3v) is 4.28. The summed E-state index contributed by atoms with van der Waals surface area (Å²) in [5, 5.41) is 11.1. The number of amides is 2. The van der Waals surface area contributed by atoms with E-state index >= 15 is 0 Å². The zero-order valence-corrected chi connectivity index (χ0v) is 16.8. The van der Waals surface area contributed by atoms with Crippen LogP contribution in [-0.2, 0) is 4.74 Å². The maximum Gasteiger partial charge on any atom is 0.322 e. The Morgan fingerprint density at radius 2 is 2.07 bits per heavy atom. The smallest absolute Gasteiger partial charge is 0.322 e. The molecule has 152 valence electrons. The topological polar surface area (TPSA) is 89.7 Å². The molecule has 1 aromatic heterocycles. The summed E-state index contributed by atoms with van der Waals surface area (Å²) < 4.78 is 17.2. The molecule has 8 nitrogen and oxygen atoms in total. The zero-order chi connectivity index (χ0) is 20.1. The van der Waals surface area contributed by atoms with Crippen molar-refractivity contribution in [1.82, 2.24) is 15.1 Å². The highest BCUT2D eigenvalue weighted by molar-refractivity contribution is 5.91. The molecule has 0 bridgehead atoms. The highest BCUT2D eigenvalue weighted by Gasteiger charge is 2.30. The average Bonchev–Trinajstić information content (AvgIpc) is 3.18. The molecular formula is C20H28N4O4. The molecule has 0 aliphatic carbocycles. The van der Waals surface area contributed by atoms with E-state index in [1.807, 2.05) is 38.1 Å². The Morgan fingerprint density at radius 3 is 2.79 bits per heavy atom. The first-order valence-corrected chi connectivity index (χ1v) is 9.66. The van der Waals surface area contributed by atoms with Crippen LogP contribution in [0, 0.1) is 5.92 Å². The quantitative estimate of drug-likeness (QED) is 0.809. The van der Waals surface area contributed by atoms with Gasteiger partial charge < -0.3 is 24.1 Å². The predicted octanol–water partition coefficient (Wildman–Crippen LogP) is 3.83. The molecule has 2 amide bonds. The Kier molecular flexibility index (Phi) is 6.51. The van der Waals surface area contributed by atoms with Gasteiger partial charge in [-0.25, -0.2) is 4.79 Å². The lowest BCUT2D eigenvalue weighted by molar-refractivity contribution is -0.0276. The molecule has 2 heterocycles. The van der Waals surface area contributed by atoms with Crippen LogP contribution in [0.3, 0.4) is 0 Å². The number of nitrogens with zero attached hydrogens (tertiary/aromatic N) is 3. The number of urea groups is 1. The number of nitrogens with one attached hydrogen (secondary N) is 1. The molecule has 1 fully saturated rings. The van der Waals surface area contributed by atoms with E-state index in [0.29, 0.717) is 55.4 Å². The molecule has 2 aromatic rings. The molecule has 8 heteroatoms. The van der Waals surface area contributed by atoms with Crippen LogP contribution in [0.2, 0.25) is 0 Å². The van der Waals surface area contributed by atoms with Crippen molar-refractivity contribution < 1.29 is 18.7 Å². The fourth-order valence-electron chi connectivity index (χ4n) is 2.74. The van der Waals surface area contributed by atoms with Crippen molar-refractivity contribution in [3.05, 3.63) is 36.0 Å². The summed E-state index contributed by atoms with van der Waals surface area (Å²) >= 11 is 0. The second kappa shape index (κ2) is 9.05. The Labute approximate surface area is 165 Å². The molecule has 28 heavy (non-hydrogen) atoms. The van der Waals surface area contributed by atoms with Gasteiger partial charge in [-0.2, -0.15) is 0 Å². The third kappa shape index (κ3) is 5.01. The fraction of sp³-hybridized carbons (Fsp3) is 0.550. The van der Waals surface area contributed by atoms with Crippen molar-refractivity contribution in [2.75, 3.05) is 31.6 Å². The van der Waals surface area contributed by atoms with Crippen LogP contribution in [0.15, 0.2) is 28.7 Å². The van der Waals surface area contributed by atoms with Gasteiger partial charge in [0.25, 0.3) is 0 Å². The van der Waals surface area contributed by atoms with Crippen LogP contribution in [0.5, 0.6) is 5.75 Å². The van der Waals surface area contributed by atoms with Crippen molar-refractivity contribution in [2.45, 2.75) is 39.7 Å². The lowest BCUT2D eigenvalue weighted by Crippen LogP contribution is -2.44. The molecule has 1 aromatic carbocycles. The van der Waals surface area contributed by atoms with Crippen molar-refractivity contribution in [3.8, 4) is 5.75 Å². The van der Waals surface area contributed by atoms with Gasteiger partial charge in [-0.15, -0.1) is 10.2 Å². The van der Waals surface area contributed by atoms with E-state index in [1.54, 1.807) is 4.90 Å². The molecule has 0 saturated carbocycles. The highest BCUT2D eigenvalue weighted by Crippen LogP contribution is 2.27. The zero-order valence-electron chi connectivity index (χ0n) is 16.8. The Morgan fingerprint density at radius 1 is 1.29 bits per heavy atom. The third-order valence-electron chi connectivity index (χ3n) is 4.28. The molecule has 3 rings (SSSR count). The number of anilines is 1. The summed E-state index contributed by atoms with van der Waals surface area (Å²) in [7, 11) is 0. The summed E-state index contributed by atoms with van der Waals surface area (Å²) in [6.45, 7) is 9.96. The van der Waals surface area contributed by atoms with Crippen LogP contribution in [0.1, 0.15) is 51.5 Å². The second-order valence-electron chi connectivity index (χ2n) is 7.57. The van der Waals surface area contributed by atoms with Crippen LogP contribution < -0.4 is 10.1 Å². The molecule has 0 spiro atoms. The number of benzene rings is 1. The van der Waals surface area contributed by atoms with E-state index in [0.717, 1.165) is 0 Å². The Bertz CT molecular complexity index is 790. The lowest BCUT2D eigenvalue weighted by atomic mass is 10.2. The van der Waals surface area contributed by atoms with E-state index < -0.39 is 6.10 Å². The van der Waals surface area contributed by atoms with Crippen LogP contribution >= 0.6 is 0 Å². The number of morpholine rings is 1. The van der Waals surface area contributed by atoms with Crippen LogP contribution in [0.4, 0.5) is 10.5 Å². The Hall–Kier alpha value is -2.61. The van der Waals surface area contributed by atoms with Gasteiger partial charge in [0.1, 0.15) is 5.75 Å². The van der Waals surface area contributed by atoms with Gasteiger partial charge in [0, 0.05) is 12.5 Å². The monoisotopic (exact) mass is 388 g/mol. The molecule has 1 atom stereocenters. The van der Waals surface area contributed by atoms with Crippen molar-refractivity contribution in [1.29, 1.82) is 0 Å². The number of hydrogen-bond acceptors (Lipinski definition) is 6. The lowest BCUT2D eigenvalue weighted by Gasteiger charge is -2.31. The fourth-order valence-corrected chi connectivity index (χ4v) is 2.74. The van der Waals surface area contributed by atoms with Gasteiger partial charge in [0.2, 0.25) is 11.8 Å². The largest absolute Gasteiger partial charge is 0.491 e. The second-order valence-corrected chi connectivity index (χ2v) is 7.57. The number of para-hydroxylation sites is 2. The first-order chi connectivity index (χ1) is 13.4. The van der Waals surface area contributed by atoms with E-state index in [-0.39, 0.29) is 11.9 Å². The minimum atomic E-state index is -0.424. The number of aromatic nitrogens is 2. The molecule has 1 N–H and O–H groups in total. The van der Waals surface area contributed by atoms with Gasteiger partial charge in [0.05, 0.1) is 25.4 Å². The number of carbonyl (C=O) groups is 1. The van der Waals surface area contributed by atoms with Crippen molar-refractivity contribution in [3.63, 3.8) is 0 Å². The van der Waals surface area contributed by atoms with Crippen LogP contribution in [0.25, 0.3) is 0 Å². The highest BCUT2D eigenvalue weighted by atomic mass is 16.5. The van der Waals surface area contributed by atoms with Crippen LogP contribution in [-0.4, -0.2) is 47.4 Å². The van der Waals surface area contributed by atoms with E-state index in [1.165, 1.54) is 0 Å². The van der Waals surface area contributed by atoms with Crippen molar-refractivity contribution in [2.24, 2.45) is 5.92 Å². The summed E-state index contributed by atoms with van der Waals surface area (Å²) in [4.78, 5) is 14.5. The van der Waals surface area contributed by atoms with Gasteiger partial charge in [-0.3, -0.25) is 0 Å². The minimum absolute atomic E-state index is 0.145. The first-order valence-electron chi connectivity index (χ1n) is 9.66. The Balaban J connectivity index is 1.64. The van der Waals surface area contributed by atoms with Gasteiger partial charge in [-0.05, 0) is 18.1 Å². The molecule has 1 unspecified atom stereocenters. The van der Waals surface area contributed by atoms with E-state index in [4.69, 9.17) is 13.9 Å². The SMILES string of the molecule is CC(C)COc1ccccc1NC(=O)N1CCOC(c2nnc(C(C)C)o2)C1. The standard InChI is InChI=1S/C20H28N4O4/c1-13(2)12-27-16-8-6-5-7-15(16)21-20(25)24-9-10-26-17(11-24)19-23-22-18(28-19)14(3)4/h5-8,13-14,17H,9-12H2,1-4H3,(H,21,25). The first kappa shape index (κ1) is 20.1. The summed E-state index contributed by atoms with van der Waals surface area (Å²) in [5.41, 5.74) is 0.649. The average molecular weight is 388 g/mol. The van der Waals surface area contributed by atoms with E-state index in [9.17, 15) is 4.79 Å². The molecular weight excluding hydrogens is 360 g/mol. The van der Waals surface area contributed by atoms with Gasteiger partial charge in [0.15, 0.2) is 6.10 Å². The molecule has 1 aliphatic heterocycles. The van der Waals surface area contributed by atoms with E-state index in [2.05, 4.69) is 29.4 Å². The number of rotatable bonds is 6. The molecule has 1 aliphatic rings. The predicted molar refractivity (Wildman–Crippen MR) is 104 cm³/mol. The van der Waals surface area contributed by atoms with Gasteiger partial charge >= 0.3 is 6.03 Å². The molecule has 1 saturated heterocycles. The minimum Gasteiger partial charge on any atom is -0.491 e. The summed E-state index contributed by atoms with van der Waals surface area (Å²) in [6, 6.07) is 7.23. The normalized spacial score (nSPS) is 17.2. The number of ether oxygens (including phenoxy) is 2. The maximum atomic E-state index is 12.8. The van der Waals surface area contributed by atoms with Crippen molar-refractivity contribution >= 4 is 11.7 Å². The number of hydrogen-bond donors (Lipinski definition) is 1. The summed E-state index contributed by atoms with van der Waals surface area (Å²) in [6.07, 6.45) is -0.424. The van der Waals surface area contributed by atoms with Gasteiger partial charge in [-0.1, -0.05) is 39.8 Å². The summed E-state index contributed by atoms with van der Waals surface area (Å²) in [5.74, 6) is 2.17. The maximum absolute atomic E-state index is 12.8. The molecule has 0 radical (unpaired) electrons. The number of carbonyl (C=O) groups excluding carboxylic acids is 1.